The SMILES string of the molecule is N#Cc1cccc(N=Cc2ccc(Cl)cc2)c1. The third-order valence-corrected chi connectivity index (χ3v) is 2.46. The highest BCUT2D eigenvalue weighted by molar-refractivity contribution is 6.30. The molecule has 0 fully saturated rings. The van der Waals surface area contributed by atoms with E-state index in [1.54, 1.807) is 18.3 Å². The first-order valence-electron chi connectivity index (χ1n) is 5.08. The zero-order valence-corrected chi connectivity index (χ0v) is 9.72. The lowest BCUT2D eigenvalue weighted by molar-refractivity contribution is 1.46. The van der Waals surface area contributed by atoms with Gasteiger partial charge in [0.2, 0.25) is 0 Å². The third kappa shape index (κ3) is 3.17. The van der Waals surface area contributed by atoms with E-state index in [9.17, 15) is 0 Å². The van der Waals surface area contributed by atoms with Crippen LogP contribution in [0.5, 0.6) is 0 Å². The van der Waals surface area contributed by atoms with Crippen molar-refractivity contribution in [2.75, 3.05) is 0 Å². The van der Waals surface area contributed by atoms with Crippen molar-refractivity contribution >= 4 is 23.5 Å². The van der Waals surface area contributed by atoms with Crippen molar-refractivity contribution in [3.05, 3.63) is 64.7 Å². The first-order chi connectivity index (χ1) is 8.28. The standard InChI is InChI=1S/C14H9ClN2/c15-13-6-4-11(5-7-13)10-17-14-3-1-2-12(8-14)9-16/h1-8,10H. The first-order valence-corrected chi connectivity index (χ1v) is 5.45. The molecule has 0 atom stereocenters. The summed E-state index contributed by atoms with van der Waals surface area (Å²) < 4.78 is 0. The molecule has 0 aliphatic carbocycles. The number of benzene rings is 2. The number of hydrogen-bond donors (Lipinski definition) is 0. The number of nitrogens with zero attached hydrogens (tertiary/aromatic N) is 2. The van der Waals surface area contributed by atoms with E-state index in [0.717, 1.165) is 11.3 Å². The number of hydrogen-bond acceptors (Lipinski definition) is 2. The molecule has 0 heterocycles. The normalized spacial score (nSPS) is 10.4. The van der Waals surface area contributed by atoms with Crippen LogP contribution in [0.1, 0.15) is 11.1 Å². The van der Waals surface area contributed by atoms with E-state index in [1.165, 1.54) is 0 Å². The molecule has 0 saturated carbocycles. The van der Waals surface area contributed by atoms with Crippen LogP contribution in [0.2, 0.25) is 5.02 Å². The topological polar surface area (TPSA) is 36.1 Å². The fourth-order valence-electron chi connectivity index (χ4n) is 1.35. The quantitative estimate of drug-likeness (QED) is 0.732. The van der Waals surface area contributed by atoms with Crippen LogP contribution in [0.3, 0.4) is 0 Å². The molecule has 17 heavy (non-hydrogen) atoms. The maximum Gasteiger partial charge on any atom is 0.0992 e. The molecule has 0 N–H and O–H groups in total. The van der Waals surface area contributed by atoms with Gasteiger partial charge in [0.15, 0.2) is 0 Å². The summed E-state index contributed by atoms with van der Waals surface area (Å²) in [6.07, 6.45) is 1.74. The number of aliphatic imine (C=N–C) groups is 1. The number of halogens is 1. The summed E-state index contributed by atoms with van der Waals surface area (Å²) >= 11 is 5.79. The molecule has 0 radical (unpaired) electrons. The van der Waals surface area contributed by atoms with Gasteiger partial charge in [-0.3, -0.25) is 4.99 Å². The van der Waals surface area contributed by atoms with Crippen LogP contribution in [-0.4, -0.2) is 6.21 Å². The molecule has 82 valence electrons. The van der Waals surface area contributed by atoms with Crippen LogP contribution in [-0.2, 0) is 0 Å². The highest BCUT2D eigenvalue weighted by atomic mass is 35.5. The highest BCUT2D eigenvalue weighted by Gasteiger charge is 1.92. The van der Waals surface area contributed by atoms with Gasteiger partial charge in [-0.2, -0.15) is 5.26 Å². The Morgan fingerprint density at radius 1 is 1.12 bits per heavy atom. The predicted octanol–water partition coefficient (Wildman–Crippen LogP) is 3.96. The minimum absolute atomic E-state index is 0.607. The van der Waals surface area contributed by atoms with Crippen molar-refractivity contribution in [2.45, 2.75) is 0 Å². The molecule has 2 rings (SSSR count). The lowest BCUT2D eigenvalue weighted by atomic mass is 10.2. The van der Waals surface area contributed by atoms with E-state index in [4.69, 9.17) is 16.9 Å². The minimum Gasteiger partial charge on any atom is -0.256 e. The Balaban J connectivity index is 2.20. The Morgan fingerprint density at radius 2 is 1.88 bits per heavy atom. The molecule has 0 unspecified atom stereocenters. The molecular formula is C14H9ClN2. The minimum atomic E-state index is 0.607. The molecule has 0 aliphatic heterocycles. The van der Waals surface area contributed by atoms with Gasteiger partial charge in [0, 0.05) is 11.2 Å². The monoisotopic (exact) mass is 240 g/mol. The van der Waals surface area contributed by atoms with Crippen LogP contribution < -0.4 is 0 Å². The second kappa shape index (κ2) is 5.29. The summed E-state index contributed by atoms with van der Waals surface area (Å²) in [5.41, 5.74) is 2.34. The summed E-state index contributed by atoms with van der Waals surface area (Å²) in [4.78, 5) is 4.30. The van der Waals surface area contributed by atoms with Crippen LogP contribution in [0, 0.1) is 11.3 Å². The summed E-state index contributed by atoms with van der Waals surface area (Å²) in [5, 5.41) is 9.46. The molecule has 2 aromatic rings. The third-order valence-electron chi connectivity index (χ3n) is 2.21. The zero-order chi connectivity index (χ0) is 12.1. The van der Waals surface area contributed by atoms with Gasteiger partial charge in [0.1, 0.15) is 0 Å². The average Bonchev–Trinajstić information content (AvgIpc) is 2.38. The van der Waals surface area contributed by atoms with Gasteiger partial charge in [-0.25, -0.2) is 0 Å². The largest absolute Gasteiger partial charge is 0.256 e. The summed E-state index contributed by atoms with van der Waals surface area (Å²) in [6, 6.07) is 16.6. The molecule has 2 aromatic carbocycles. The van der Waals surface area contributed by atoms with Crippen molar-refractivity contribution < 1.29 is 0 Å². The molecule has 0 aromatic heterocycles. The van der Waals surface area contributed by atoms with E-state index >= 15 is 0 Å². The Kier molecular flexibility index (Phi) is 3.54. The summed E-state index contributed by atoms with van der Waals surface area (Å²) in [7, 11) is 0. The van der Waals surface area contributed by atoms with Gasteiger partial charge in [-0.15, -0.1) is 0 Å². The Hall–Kier alpha value is -2.11. The molecule has 0 spiro atoms. The van der Waals surface area contributed by atoms with Crippen LogP contribution in [0.15, 0.2) is 53.5 Å². The highest BCUT2D eigenvalue weighted by Crippen LogP contribution is 2.14. The number of nitriles is 1. The van der Waals surface area contributed by atoms with Gasteiger partial charge in [0.25, 0.3) is 0 Å². The van der Waals surface area contributed by atoms with Gasteiger partial charge in [-0.1, -0.05) is 29.8 Å². The maximum absolute atomic E-state index is 8.76. The smallest absolute Gasteiger partial charge is 0.0992 e. The van der Waals surface area contributed by atoms with Gasteiger partial charge >= 0.3 is 0 Å². The molecule has 0 bridgehead atoms. The first kappa shape index (κ1) is 11.4. The summed E-state index contributed by atoms with van der Waals surface area (Å²) in [6.45, 7) is 0. The molecule has 2 nitrogen and oxygen atoms in total. The second-order valence-electron chi connectivity index (χ2n) is 3.47. The van der Waals surface area contributed by atoms with E-state index in [-0.39, 0.29) is 0 Å². The van der Waals surface area contributed by atoms with Crippen molar-refractivity contribution in [3.8, 4) is 6.07 Å². The lowest BCUT2D eigenvalue weighted by Gasteiger charge is -1.95. The summed E-state index contributed by atoms with van der Waals surface area (Å²) in [5.74, 6) is 0. The Morgan fingerprint density at radius 3 is 2.59 bits per heavy atom. The van der Waals surface area contributed by atoms with E-state index in [2.05, 4.69) is 11.1 Å². The van der Waals surface area contributed by atoms with Crippen molar-refractivity contribution in [1.82, 2.24) is 0 Å². The molecule has 0 amide bonds. The van der Waals surface area contributed by atoms with Crippen molar-refractivity contribution in [2.24, 2.45) is 4.99 Å². The fourth-order valence-corrected chi connectivity index (χ4v) is 1.48. The van der Waals surface area contributed by atoms with E-state index < -0.39 is 0 Å². The van der Waals surface area contributed by atoms with Crippen LogP contribution in [0.4, 0.5) is 5.69 Å². The van der Waals surface area contributed by atoms with Gasteiger partial charge < -0.3 is 0 Å². The van der Waals surface area contributed by atoms with Gasteiger partial charge in [0.05, 0.1) is 17.3 Å². The zero-order valence-electron chi connectivity index (χ0n) is 8.97. The maximum atomic E-state index is 8.76. The lowest BCUT2D eigenvalue weighted by Crippen LogP contribution is -1.79. The van der Waals surface area contributed by atoms with E-state index in [1.807, 2.05) is 36.4 Å². The molecule has 0 saturated heterocycles. The van der Waals surface area contributed by atoms with Gasteiger partial charge in [-0.05, 0) is 35.9 Å². The molecule has 3 heteroatoms. The second-order valence-corrected chi connectivity index (χ2v) is 3.91. The van der Waals surface area contributed by atoms with Crippen molar-refractivity contribution in [1.29, 1.82) is 5.26 Å². The Labute approximate surface area is 105 Å². The predicted molar refractivity (Wildman–Crippen MR) is 69.9 cm³/mol. The number of rotatable bonds is 2. The van der Waals surface area contributed by atoms with E-state index in [0.29, 0.717) is 10.6 Å². The molecule has 0 aliphatic rings. The van der Waals surface area contributed by atoms with Crippen LogP contribution >= 0.6 is 11.6 Å². The average molecular weight is 241 g/mol. The van der Waals surface area contributed by atoms with Crippen LogP contribution in [0.25, 0.3) is 0 Å². The molecular weight excluding hydrogens is 232 g/mol. The van der Waals surface area contributed by atoms with Crippen molar-refractivity contribution in [3.63, 3.8) is 0 Å². The fraction of sp³-hybridized carbons (Fsp3) is 0. The Bertz CT molecular complexity index is 580.